The Labute approximate surface area is 177 Å². The highest BCUT2D eigenvalue weighted by Crippen LogP contribution is 2.41. The minimum Gasteiger partial charge on any atom is -0.508 e. The molecule has 2 aliphatic rings. The summed E-state index contributed by atoms with van der Waals surface area (Å²) >= 11 is 0. The van der Waals surface area contributed by atoms with Gasteiger partial charge in [0.05, 0.1) is 13.0 Å². The molecule has 1 aromatic rings. The molecule has 0 amide bonds. The van der Waals surface area contributed by atoms with E-state index in [1.165, 1.54) is 19.9 Å². The molecule has 168 valence electrons. The van der Waals surface area contributed by atoms with Crippen LogP contribution in [0, 0.1) is 6.92 Å². The van der Waals surface area contributed by atoms with Crippen LogP contribution in [0.25, 0.3) is 0 Å². The second-order valence-corrected chi connectivity index (χ2v) is 8.12. The zero-order chi connectivity index (χ0) is 23.1. The lowest BCUT2D eigenvalue weighted by Crippen LogP contribution is -2.55. The molecule has 10 nitrogen and oxygen atoms in total. The number of aryl methyl sites for hydroxylation is 1. The molecule has 10 heteroatoms. The Morgan fingerprint density at radius 1 is 1.26 bits per heavy atom. The number of hydrogen-bond acceptors (Lipinski definition) is 9. The first kappa shape index (κ1) is 22.7. The summed E-state index contributed by atoms with van der Waals surface area (Å²) in [5.41, 5.74) is -1.50. The number of phenolic OH excluding ortho intramolecular Hbond substituents is 2. The number of esters is 1. The maximum absolute atomic E-state index is 12.8. The second kappa shape index (κ2) is 7.95. The molecule has 3 atom stereocenters. The number of carbonyl (C=O) groups excluding carboxylic acids is 2. The Balaban J connectivity index is 1.85. The van der Waals surface area contributed by atoms with Crippen LogP contribution in [0.3, 0.4) is 0 Å². The van der Waals surface area contributed by atoms with Gasteiger partial charge in [-0.25, -0.2) is 4.79 Å². The Kier molecular flexibility index (Phi) is 5.83. The van der Waals surface area contributed by atoms with E-state index in [4.69, 9.17) is 14.6 Å². The molecule has 0 saturated carbocycles. The molecule has 1 heterocycles. The third-order valence-corrected chi connectivity index (χ3v) is 5.68. The van der Waals surface area contributed by atoms with Crippen LogP contribution in [-0.2, 0) is 19.1 Å². The van der Waals surface area contributed by atoms with Crippen molar-refractivity contribution in [1.29, 1.82) is 0 Å². The summed E-state index contributed by atoms with van der Waals surface area (Å²) in [5, 5.41) is 49.7. The van der Waals surface area contributed by atoms with Crippen molar-refractivity contribution in [2.24, 2.45) is 0 Å². The lowest BCUT2D eigenvalue weighted by molar-refractivity contribution is -0.213. The van der Waals surface area contributed by atoms with Crippen LogP contribution < -0.4 is 0 Å². The van der Waals surface area contributed by atoms with Crippen LogP contribution in [0.4, 0.5) is 0 Å². The van der Waals surface area contributed by atoms with Crippen LogP contribution in [-0.4, -0.2) is 67.4 Å². The number of ketones is 1. The average molecular weight is 436 g/mol. The Morgan fingerprint density at radius 2 is 1.94 bits per heavy atom. The van der Waals surface area contributed by atoms with E-state index in [9.17, 15) is 34.8 Å². The zero-order valence-corrected chi connectivity index (χ0v) is 17.0. The number of rotatable bonds is 5. The van der Waals surface area contributed by atoms with E-state index >= 15 is 0 Å². The first-order valence-electron chi connectivity index (χ1n) is 9.64. The van der Waals surface area contributed by atoms with Crippen molar-refractivity contribution in [3.63, 3.8) is 0 Å². The molecule has 1 aromatic carbocycles. The summed E-state index contributed by atoms with van der Waals surface area (Å²) in [7, 11) is 0. The number of carboxylic acids is 1. The number of aliphatic hydroxyl groups is 2. The highest BCUT2D eigenvalue weighted by molar-refractivity contribution is 6.04. The maximum Gasteiger partial charge on any atom is 0.342 e. The van der Waals surface area contributed by atoms with Gasteiger partial charge in [0.25, 0.3) is 0 Å². The molecule has 0 radical (unpaired) electrons. The molecule has 0 fully saturated rings. The normalized spacial score (nSPS) is 28.3. The van der Waals surface area contributed by atoms with Gasteiger partial charge >= 0.3 is 11.9 Å². The number of aromatic hydroxyl groups is 2. The Bertz CT molecular complexity index is 953. The Morgan fingerprint density at radius 3 is 2.55 bits per heavy atom. The van der Waals surface area contributed by atoms with Crippen molar-refractivity contribution >= 4 is 17.7 Å². The van der Waals surface area contributed by atoms with Crippen molar-refractivity contribution in [2.45, 2.75) is 57.0 Å². The summed E-state index contributed by atoms with van der Waals surface area (Å²) in [4.78, 5) is 36.3. The van der Waals surface area contributed by atoms with E-state index in [1.54, 1.807) is 0 Å². The fourth-order valence-electron chi connectivity index (χ4n) is 3.92. The van der Waals surface area contributed by atoms with E-state index in [0.717, 1.165) is 6.07 Å². The number of hydrogen-bond donors (Lipinski definition) is 5. The predicted molar refractivity (Wildman–Crippen MR) is 103 cm³/mol. The number of benzene rings is 1. The standard InChI is InChI=1S/C21H24O10/c1-10-5-12(22)7-14(23)17(10)19(27)31-15-6-11-8-21(29,4-3-16(24)25)30-9-13(11)18(26)20(15,2)28/h5,7,15,22-23,28-29H,3-4,6,8-9H2,1-2H3,(H,24,25)/t15-,20-,21+/m0/s1. The smallest absolute Gasteiger partial charge is 0.342 e. The van der Waals surface area contributed by atoms with E-state index in [0.29, 0.717) is 5.57 Å². The van der Waals surface area contributed by atoms with Crippen LogP contribution in [0.15, 0.2) is 23.3 Å². The molecule has 31 heavy (non-hydrogen) atoms. The average Bonchev–Trinajstić information content (AvgIpc) is 2.64. The van der Waals surface area contributed by atoms with E-state index < -0.39 is 41.0 Å². The lowest BCUT2D eigenvalue weighted by atomic mass is 9.75. The molecule has 0 aromatic heterocycles. The predicted octanol–water partition coefficient (Wildman–Crippen LogP) is 0.926. The van der Waals surface area contributed by atoms with Gasteiger partial charge in [-0.3, -0.25) is 9.59 Å². The molecule has 1 aliphatic heterocycles. The SMILES string of the molecule is Cc1cc(O)cc(O)c1C(=O)O[C@H]1CC2=C(CO[C@](O)(CCC(=O)O)C2)C(=O)[C@@]1(C)O. The van der Waals surface area contributed by atoms with Gasteiger partial charge in [0, 0.05) is 30.9 Å². The minimum atomic E-state index is -2.07. The lowest BCUT2D eigenvalue weighted by Gasteiger charge is -2.42. The molecule has 0 bridgehead atoms. The fraction of sp³-hybridized carbons (Fsp3) is 0.476. The van der Waals surface area contributed by atoms with Crippen molar-refractivity contribution in [2.75, 3.05) is 6.61 Å². The third kappa shape index (κ3) is 4.41. The Hall–Kier alpha value is -2.95. The number of Topliss-reactive ketones (excluding diaryl/α,β-unsaturated/α-hetero) is 1. The number of aliphatic carboxylic acids is 1. The monoisotopic (exact) mass is 436 g/mol. The van der Waals surface area contributed by atoms with Crippen LogP contribution in [0.5, 0.6) is 11.5 Å². The van der Waals surface area contributed by atoms with Gasteiger partial charge in [-0.2, -0.15) is 0 Å². The number of carbonyl (C=O) groups is 3. The van der Waals surface area contributed by atoms with Crippen molar-refractivity contribution in [1.82, 2.24) is 0 Å². The summed E-state index contributed by atoms with van der Waals surface area (Å²) in [6, 6.07) is 2.22. The first-order valence-corrected chi connectivity index (χ1v) is 9.64. The van der Waals surface area contributed by atoms with Crippen molar-refractivity contribution in [3.8, 4) is 11.5 Å². The van der Waals surface area contributed by atoms with Gasteiger partial charge in [0.1, 0.15) is 23.2 Å². The van der Waals surface area contributed by atoms with E-state index in [-0.39, 0.29) is 54.7 Å². The van der Waals surface area contributed by atoms with Gasteiger partial charge in [-0.05, 0) is 25.5 Å². The van der Waals surface area contributed by atoms with Gasteiger partial charge < -0.3 is 35.0 Å². The summed E-state index contributed by atoms with van der Waals surface area (Å²) in [5.74, 6) is -5.39. The van der Waals surface area contributed by atoms with Gasteiger partial charge in [-0.15, -0.1) is 0 Å². The first-order chi connectivity index (χ1) is 14.3. The molecular weight excluding hydrogens is 412 g/mol. The molecule has 0 spiro atoms. The van der Waals surface area contributed by atoms with Crippen LogP contribution >= 0.6 is 0 Å². The highest BCUT2D eigenvalue weighted by atomic mass is 16.6. The zero-order valence-electron chi connectivity index (χ0n) is 17.0. The molecular formula is C21H24O10. The quantitative estimate of drug-likeness (QED) is 0.418. The fourth-order valence-corrected chi connectivity index (χ4v) is 3.92. The van der Waals surface area contributed by atoms with E-state index in [1.807, 2.05) is 0 Å². The molecule has 1 aliphatic carbocycles. The second-order valence-electron chi connectivity index (χ2n) is 8.12. The van der Waals surface area contributed by atoms with E-state index in [2.05, 4.69) is 0 Å². The van der Waals surface area contributed by atoms with Crippen molar-refractivity contribution in [3.05, 3.63) is 34.4 Å². The number of carboxylic acid groups (broad SMARTS) is 1. The molecule has 3 rings (SSSR count). The highest BCUT2D eigenvalue weighted by Gasteiger charge is 2.51. The largest absolute Gasteiger partial charge is 0.508 e. The van der Waals surface area contributed by atoms with Crippen LogP contribution in [0.1, 0.15) is 48.5 Å². The maximum atomic E-state index is 12.8. The van der Waals surface area contributed by atoms with Crippen molar-refractivity contribution < 1.29 is 49.4 Å². The molecule has 5 N–H and O–H groups in total. The van der Waals surface area contributed by atoms with Gasteiger partial charge in [-0.1, -0.05) is 5.57 Å². The van der Waals surface area contributed by atoms with Gasteiger partial charge in [0.15, 0.2) is 17.2 Å². The molecule has 0 saturated heterocycles. The summed E-state index contributed by atoms with van der Waals surface area (Å²) < 4.78 is 10.7. The van der Waals surface area contributed by atoms with Crippen LogP contribution in [0.2, 0.25) is 0 Å². The number of ether oxygens (including phenoxy) is 2. The summed E-state index contributed by atoms with van der Waals surface area (Å²) in [6.45, 7) is 2.37. The molecule has 0 unspecified atom stereocenters. The third-order valence-electron chi connectivity index (χ3n) is 5.68. The summed E-state index contributed by atoms with van der Waals surface area (Å²) in [6.07, 6.45) is -2.12. The topological polar surface area (TPSA) is 171 Å². The number of phenols is 2. The van der Waals surface area contributed by atoms with Gasteiger partial charge in [0.2, 0.25) is 0 Å². The minimum absolute atomic E-state index is 0.0869.